The number of piperidine rings is 2. The van der Waals surface area contributed by atoms with Crippen molar-refractivity contribution in [2.24, 2.45) is 17.3 Å². The first kappa shape index (κ1) is 31.8. The van der Waals surface area contributed by atoms with Crippen molar-refractivity contribution in [3.63, 3.8) is 0 Å². The zero-order chi connectivity index (χ0) is 26.0. The van der Waals surface area contributed by atoms with Crippen molar-refractivity contribution in [3.05, 3.63) is 0 Å². The van der Waals surface area contributed by atoms with Crippen molar-refractivity contribution in [1.82, 2.24) is 16.8 Å². The molecule has 7 nitrogen and oxygen atoms in total. The van der Waals surface area contributed by atoms with Crippen molar-refractivity contribution in [2.75, 3.05) is 0 Å². The highest BCUT2D eigenvalue weighted by Gasteiger charge is 2.58. The van der Waals surface area contributed by atoms with E-state index in [1.54, 1.807) is 0 Å². The maximum absolute atomic E-state index is 13.4. The first-order chi connectivity index (χ1) is 15.4. The molecular weight excluding hydrogens is 442 g/mol. The van der Waals surface area contributed by atoms with Crippen LogP contribution in [-0.2, 0) is 9.59 Å². The number of carboxylic acids is 2. The Bertz CT molecular complexity index is 660. The molecule has 2 aliphatic rings. The Balaban J connectivity index is 0.00000612. The van der Waals surface area contributed by atoms with Gasteiger partial charge in [0.05, 0.1) is 5.41 Å². The number of aliphatic carboxylic acids is 2. The molecule has 2 rings (SSSR count). The highest BCUT2D eigenvalue weighted by Crippen LogP contribution is 2.55. The van der Waals surface area contributed by atoms with E-state index in [0.29, 0.717) is 12.8 Å². The van der Waals surface area contributed by atoms with E-state index in [1.807, 2.05) is 0 Å². The zero-order valence-electron chi connectivity index (χ0n) is 23.9. The van der Waals surface area contributed by atoms with E-state index < -0.39 is 17.4 Å². The fourth-order valence-corrected chi connectivity index (χ4v) is 7.79. The number of rotatable bonds is 11. The van der Waals surface area contributed by atoms with Crippen LogP contribution >= 0.6 is 0 Å². The lowest BCUT2D eigenvalue weighted by Crippen LogP contribution is -2.65. The first-order valence-corrected chi connectivity index (χ1v) is 13.4. The molecule has 0 bridgehead atoms. The minimum Gasteiger partial charge on any atom is -0.481 e. The molecule has 2 saturated heterocycles. The van der Waals surface area contributed by atoms with Gasteiger partial charge in [-0.1, -0.05) is 25.7 Å². The molecule has 7 heteroatoms. The maximum Gasteiger partial charge on any atom is 0.310 e. The summed E-state index contributed by atoms with van der Waals surface area (Å²) in [6, 6.07) is 0. The molecule has 0 aliphatic carbocycles. The van der Waals surface area contributed by atoms with Crippen molar-refractivity contribution < 1.29 is 19.8 Å². The Labute approximate surface area is 214 Å². The highest BCUT2D eigenvalue weighted by molar-refractivity contribution is 5.76. The molecular formula is C28H55N3O4. The lowest BCUT2D eigenvalue weighted by molar-refractivity contribution is -0.166. The van der Waals surface area contributed by atoms with Gasteiger partial charge in [-0.05, 0) is 106 Å². The summed E-state index contributed by atoms with van der Waals surface area (Å²) in [5, 5.41) is 27.4. The van der Waals surface area contributed by atoms with Crippen LogP contribution in [0.15, 0.2) is 0 Å². The van der Waals surface area contributed by atoms with E-state index in [-0.39, 0.29) is 46.6 Å². The molecule has 2 heterocycles. The monoisotopic (exact) mass is 497 g/mol. The second-order valence-corrected chi connectivity index (χ2v) is 14.0. The standard InChI is InChI=1S/C28H52N2O4.H3N/c1-24(2)16-20(17-25(3,4)29-24)28(23(33)34,15-13-11-9-10-12-14-22(31)32)21-18-26(5,6)30-27(7,8)19-21;/h20-21,29-30H,9-19H2,1-8H3,(H,31,32)(H,33,34);1H3. The van der Waals surface area contributed by atoms with Crippen molar-refractivity contribution in [3.8, 4) is 0 Å². The quantitative estimate of drug-likeness (QED) is 0.216. The number of nitrogens with one attached hydrogen (secondary N) is 2. The van der Waals surface area contributed by atoms with Gasteiger partial charge in [0.1, 0.15) is 0 Å². The Morgan fingerprint density at radius 2 is 1.03 bits per heavy atom. The number of carbonyl (C=O) groups is 2. The smallest absolute Gasteiger partial charge is 0.310 e. The van der Waals surface area contributed by atoms with Crippen LogP contribution in [0.25, 0.3) is 0 Å². The van der Waals surface area contributed by atoms with Gasteiger partial charge in [-0.25, -0.2) is 0 Å². The van der Waals surface area contributed by atoms with E-state index >= 15 is 0 Å². The van der Waals surface area contributed by atoms with Gasteiger partial charge < -0.3 is 27.0 Å². The Hall–Kier alpha value is -1.18. The van der Waals surface area contributed by atoms with E-state index in [1.165, 1.54) is 0 Å². The van der Waals surface area contributed by atoms with Crippen LogP contribution in [-0.4, -0.2) is 44.3 Å². The average molecular weight is 498 g/mol. The third-order valence-corrected chi connectivity index (χ3v) is 8.22. The fourth-order valence-electron chi connectivity index (χ4n) is 7.79. The normalized spacial score (nSPS) is 23.9. The van der Waals surface area contributed by atoms with Gasteiger partial charge in [0, 0.05) is 28.6 Å². The van der Waals surface area contributed by atoms with E-state index in [9.17, 15) is 14.7 Å². The van der Waals surface area contributed by atoms with Crippen LogP contribution in [0.3, 0.4) is 0 Å². The highest BCUT2D eigenvalue weighted by atomic mass is 16.4. The summed E-state index contributed by atoms with van der Waals surface area (Å²) in [6.07, 6.45) is 8.80. The second kappa shape index (κ2) is 11.5. The minimum absolute atomic E-state index is 0. The summed E-state index contributed by atoms with van der Waals surface area (Å²) >= 11 is 0. The van der Waals surface area contributed by atoms with Crippen molar-refractivity contribution >= 4 is 11.9 Å². The van der Waals surface area contributed by atoms with Crippen molar-refractivity contribution in [2.45, 2.75) is 148 Å². The summed E-state index contributed by atoms with van der Waals surface area (Å²) in [5.74, 6) is -1.14. The zero-order valence-corrected chi connectivity index (χ0v) is 23.9. The molecule has 0 aromatic carbocycles. The van der Waals surface area contributed by atoms with E-state index in [0.717, 1.165) is 51.4 Å². The molecule has 0 aromatic rings. The molecule has 0 aromatic heterocycles. The van der Waals surface area contributed by atoms with Crippen LogP contribution < -0.4 is 16.8 Å². The fraction of sp³-hybridized carbons (Fsp3) is 0.929. The molecule has 206 valence electrons. The van der Waals surface area contributed by atoms with Gasteiger partial charge >= 0.3 is 11.9 Å². The molecule has 0 unspecified atom stereocenters. The number of hydrogen-bond donors (Lipinski definition) is 5. The summed E-state index contributed by atoms with van der Waals surface area (Å²) in [7, 11) is 0. The van der Waals surface area contributed by atoms with Gasteiger partial charge in [0.15, 0.2) is 0 Å². The Morgan fingerprint density at radius 1 is 0.686 bits per heavy atom. The molecule has 7 N–H and O–H groups in total. The third-order valence-electron chi connectivity index (χ3n) is 8.22. The summed E-state index contributed by atoms with van der Waals surface area (Å²) < 4.78 is 0. The number of hydrogen-bond acceptors (Lipinski definition) is 5. The Morgan fingerprint density at radius 3 is 1.37 bits per heavy atom. The molecule has 0 saturated carbocycles. The van der Waals surface area contributed by atoms with Gasteiger partial charge in [-0.15, -0.1) is 0 Å². The summed E-state index contributed by atoms with van der Waals surface area (Å²) in [5.41, 5.74) is -1.19. The van der Waals surface area contributed by atoms with Gasteiger partial charge in [0.25, 0.3) is 0 Å². The molecule has 0 radical (unpaired) electrons. The molecule has 35 heavy (non-hydrogen) atoms. The number of carboxylic acid groups (broad SMARTS) is 2. The number of unbranched alkanes of at least 4 members (excludes halogenated alkanes) is 4. The molecule has 2 fully saturated rings. The van der Waals surface area contributed by atoms with Crippen LogP contribution in [0.4, 0.5) is 0 Å². The van der Waals surface area contributed by atoms with Gasteiger partial charge in [-0.2, -0.15) is 0 Å². The summed E-state index contributed by atoms with van der Waals surface area (Å²) in [6.45, 7) is 17.7. The molecule has 0 spiro atoms. The SMILES string of the molecule is CC1(C)CC(C(CCCCCCCC(=O)O)(C(=O)O)C2CC(C)(C)NC(C)(C)C2)CC(C)(C)N1.N. The van der Waals surface area contributed by atoms with Crippen LogP contribution in [0, 0.1) is 17.3 Å². The summed E-state index contributed by atoms with van der Waals surface area (Å²) in [4.78, 5) is 24.2. The van der Waals surface area contributed by atoms with Crippen molar-refractivity contribution in [1.29, 1.82) is 0 Å². The average Bonchev–Trinajstić information content (AvgIpc) is 2.58. The minimum atomic E-state index is -0.756. The maximum atomic E-state index is 13.4. The lowest BCUT2D eigenvalue weighted by Gasteiger charge is -2.57. The Kier molecular flexibility index (Phi) is 10.4. The second-order valence-electron chi connectivity index (χ2n) is 14.0. The lowest BCUT2D eigenvalue weighted by atomic mass is 9.52. The van der Waals surface area contributed by atoms with Crippen LogP contribution in [0.5, 0.6) is 0 Å². The predicted octanol–water partition coefficient (Wildman–Crippen LogP) is 6.15. The van der Waals surface area contributed by atoms with E-state index in [2.05, 4.69) is 66.0 Å². The molecule has 0 atom stereocenters. The topological polar surface area (TPSA) is 134 Å². The third kappa shape index (κ3) is 8.71. The van der Waals surface area contributed by atoms with Crippen LogP contribution in [0.2, 0.25) is 0 Å². The first-order valence-electron chi connectivity index (χ1n) is 13.4. The molecule has 0 amide bonds. The van der Waals surface area contributed by atoms with Gasteiger partial charge in [0.2, 0.25) is 0 Å². The van der Waals surface area contributed by atoms with Crippen LogP contribution in [0.1, 0.15) is 126 Å². The predicted molar refractivity (Wildman–Crippen MR) is 143 cm³/mol. The van der Waals surface area contributed by atoms with Gasteiger partial charge in [-0.3, -0.25) is 9.59 Å². The largest absolute Gasteiger partial charge is 0.481 e. The molecule has 2 aliphatic heterocycles. The van der Waals surface area contributed by atoms with E-state index in [4.69, 9.17) is 5.11 Å².